The summed E-state index contributed by atoms with van der Waals surface area (Å²) in [5, 5.41) is 2.71. The van der Waals surface area contributed by atoms with Crippen LogP contribution in [0.4, 0.5) is 0 Å². The highest BCUT2D eigenvalue weighted by molar-refractivity contribution is 5.41. The van der Waals surface area contributed by atoms with E-state index in [2.05, 4.69) is 31.3 Å². The lowest BCUT2D eigenvalue weighted by atomic mass is 9.53. The fraction of sp³-hybridized carbons (Fsp3) is 0.700. The molecule has 0 unspecified atom stereocenters. The van der Waals surface area contributed by atoms with Gasteiger partial charge in [-0.05, 0) is 74.1 Å². The highest BCUT2D eigenvalue weighted by atomic mass is 16.5. The first-order valence-corrected chi connectivity index (χ1v) is 9.05. The Hall–Kier alpha value is -1.02. The number of benzene rings is 1. The second-order valence-corrected chi connectivity index (χ2v) is 8.44. The highest BCUT2D eigenvalue weighted by Gasteiger charge is 2.53. The molecule has 4 bridgehead atoms. The molecule has 0 saturated heterocycles. The van der Waals surface area contributed by atoms with Crippen LogP contribution in [0.25, 0.3) is 0 Å². The Morgan fingerprint density at radius 2 is 1.59 bits per heavy atom. The molecule has 0 heterocycles. The third-order valence-corrected chi connectivity index (χ3v) is 6.69. The molecule has 120 valence electrons. The molecule has 2 N–H and O–H groups in total. The molecule has 4 aliphatic carbocycles. The van der Waals surface area contributed by atoms with Crippen molar-refractivity contribution in [3.8, 4) is 5.75 Å². The van der Waals surface area contributed by atoms with E-state index >= 15 is 0 Å². The van der Waals surface area contributed by atoms with E-state index in [-0.39, 0.29) is 0 Å². The quantitative estimate of drug-likeness (QED) is 0.906. The number of rotatable bonds is 4. The first kappa shape index (κ1) is 14.6. The standard InChI is InChI=1S/C20H29NO/c1-13-5-19(22-3)14(2)4-18(13)12-21-20-9-15-6-16(10-20)8-17(7-15)11-20/h4-5,15-17,21H,6-12H2,1-3H3/p+1. The van der Waals surface area contributed by atoms with E-state index in [4.69, 9.17) is 4.74 Å². The number of hydrogen-bond donors (Lipinski definition) is 1. The summed E-state index contributed by atoms with van der Waals surface area (Å²) < 4.78 is 5.45. The van der Waals surface area contributed by atoms with Crippen LogP contribution in [0.15, 0.2) is 12.1 Å². The van der Waals surface area contributed by atoms with Crippen LogP contribution in [0.1, 0.15) is 55.2 Å². The van der Waals surface area contributed by atoms with Crippen LogP contribution >= 0.6 is 0 Å². The number of hydrogen-bond acceptors (Lipinski definition) is 1. The molecule has 1 aromatic carbocycles. The molecule has 0 atom stereocenters. The Balaban J connectivity index is 1.50. The van der Waals surface area contributed by atoms with Crippen molar-refractivity contribution in [3.63, 3.8) is 0 Å². The molecule has 4 aliphatic rings. The molecule has 1 aromatic rings. The molecule has 0 aliphatic heterocycles. The van der Waals surface area contributed by atoms with Gasteiger partial charge in [-0.15, -0.1) is 0 Å². The van der Waals surface area contributed by atoms with E-state index < -0.39 is 0 Å². The van der Waals surface area contributed by atoms with Crippen LogP contribution in [0.3, 0.4) is 0 Å². The zero-order valence-electron chi connectivity index (χ0n) is 14.3. The normalized spacial score (nSPS) is 35.9. The summed E-state index contributed by atoms with van der Waals surface area (Å²) in [5.74, 6) is 4.15. The molecular weight excluding hydrogens is 270 g/mol. The van der Waals surface area contributed by atoms with Gasteiger partial charge in [0.05, 0.1) is 12.6 Å². The largest absolute Gasteiger partial charge is 0.496 e. The van der Waals surface area contributed by atoms with Crippen molar-refractivity contribution >= 4 is 0 Å². The number of aryl methyl sites for hydroxylation is 2. The van der Waals surface area contributed by atoms with Crippen LogP contribution in [-0.2, 0) is 6.54 Å². The Bertz CT molecular complexity index is 542. The minimum absolute atomic E-state index is 0.578. The van der Waals surface area contributed by atoms with E-state index in [0.29, 0.717) is 5.54 Å². The van der Waals surface area contributed by atoms with E-state index in [1.807, 2.05) is 0 Å². The van der Waals surface area contributed by atoms with Gasteiger partial charge in [-0.3, -0.25) is 0 Å². The summed E-state index contributed by atoms with van der Waals surface area (Å²) in [6.07, 6.45) is 9.04. The first-order valence-electron chi connectivity index (χ1n) is 9.05. The Kier molecular flexibility index (Phi) is 3.48. The lowest BCUT2D eigenvalue weighted by Gasteiger charge is -2.54. The topological polar surface area (TPSA) is 25.8 Å². The number of nitrogens with two attached hydrogens (primary N) is 1. The predicted octanol–water partition coefficient (Wildman–Crippen LogP) is 3.34. The van der Waals surface area contributed by atoms with E-state index in [9.17, 15) is 0 Å². The van der Waals surface area contributed by atoms with Gasteiger partial charge >= 0.3 is 0 Å². The van der Waals surface area contributed by atoms with Crippen molar-refractivity contribution in [1.29, 1.82) is 0 Å². The maximum Gasteiger partial charge on any atom is 0.122 e. The summed E-state index contributed by atoms with van der Waals surface area (Å²) >= 11 is 0. The summed E-state index contributed by atoms with van der Waals surface area (Å²) in [5.41, 5.74) is 4.72. The van der Waals surface area contributed by atoms with Gasteiger partial charge in [-0.1, -0.05) is 0 Å². The average molecular weight is 300 g/mol. The lowest BCUT2D eigenvalue weighted by molar-refractivity contribution is -0.752. The van der Waals surface area contributed by atoms with Crippen LogP contribution in [0, 0.1) is 31.6 Å². The second-order valence-electron chi connectivity index (χ2n) is 8.44. The van der Waals surface area contributed by atoms with Gasteiger partial charge < -0.3 is 10.1 Å². The van der Waals surface area contributed by atoms with E-state index in [1.54, 1.807) is 7.11 Å². The van der Waals surface area contributed by atoms with Crippen molar-refractivity contribution in [2.75, 3.05) is 7.11 Å². The van der Waals surface area contributed by atoms with Gasteiger partial charge in [0.1, 0.15) is 12.3 Å². The van der Waals surface area contributed by atoms with Crippen LogP contribution in [0.5, 0.6) is 5.75 Å². The molecule has 0 radical (unpaired) electrons. The van der Waals surface area contributed by atoms with Crippen molar-refractivity contribution in [2.45, 2.75) is 64.5 Å². The molecule has 4 saturated carbocycles. The van der Waals surface area contributed by atoms with Gasteiger partial charge in [0.2, 0.25) is 0 Å². The van der Waals surface area contributed by atoms with Crippen molar-refractivity contribution in [1.82, 2.24) is 0 Å². The number of quaternary nitrogens is 1. The fourth-order valence-electron chi connectivity index (χ4n) is 6.04. The summed E-state index contributed by atoms with van der Waals surface area (Å²) in [6, 6.07) is 4.55. The monoisotopic (exact) mass is 300 g/mol. The van der Waals surface area contributed by atoms with Crippen LogP contribution in [-0.4, -0.2) is 12.6 Å². The Morgan fingerprint density at radius 1 is 1.00 bits per heavy atom. The smallest absolute Gasteiger partial charge is 0.122 e. The summed E-state index contributed by atoms with van der Waals surface area (Å²) in [6.45, 7) is 5.53. The lowest BCUT2D eigenvalue weighted by Crippen LogP contribution is -2.97. The molecule has 0 spiro atoms. The molecule has 2 nitrogen and oxygen atoms in total. The van der Waals surface area contributed by atoms with Gasteiger partial charge in [-0.25, -0.2) is 0 Å². The Labute approximate surface area is 134 Å². The zero-order valence-corrected chi connectivity index (χ0v) is 14.3. The highest BCUT2D eigenvalue weighted by Crippen LogP contribution is 2.54. The van der Waals surface area contributed by atoms with Gasteiger partial charge in [0, 0.05) is 24.8 Å². The maximum atomic E-state index is 5.45. The third kappa shape index (κ3) is 2.46. The summed E-state index contributed by atoms with van der Waals surface area (Å²) in [4.78, 5) is 0. The fourth-order valence-corrected chi connectivity index (χ4v) is 6.04. The molecule has 22 heavy (non-hydrogen) atoms. The first-order chi connectivity index (χ1) is 10.6. The minimum Gasteiger partial charge on any atom is -0.496 e. The van der Waals surface area contributed by atoms with Gasteiger partial charge in [-0.2, -0.15) is 0 Å². The zero-order chi connectivity index (χ0) is 15.3. The van der Waals surface area contributed by atoms with Crippen LogP contribution < -0.4 is 10.1 Å². The molecule has 2 heteroatoms. The van der Waals surface area contributed by atoms with Crippen LogP contribution in [0.2, 0.25) is 0 Å². The summed E-state index contributed by atoms with van der Waals surface area (Å²) in [7, 11) is 1.77. The van der Waals surface area contributed by atoms with Crippen molar-refractivity contribution in [2.24, 2.45) is 17.8 Å². The minimum atomic E-state index is 0.578. The predicted molar refractivity (Wildman–Crippen MR) is 89.0 cm³/mol. The number of ether oxygens (including phenoxy) is 1. The molecule has 0 aromatic heterocycles. The van der Waals surface area contributed by atoms with Gasteiger partial charge in [0.25, 0.3) is 0 Å². The Morgan fingerprint density at radius 3 is 2.14 bits per heavy atom. The third-order valence-electron chi connectivity index (χ3n) is 6.69. The molecule has 0 amide bonds. The van der Waals surface area contributed by atoms with Crippen molar-refractivity contribution in [3.05, 3.63) is 28.8 Å². The van der Waals surface area contributed by atoms with E-state index in [1.165, 1.54) is 55.2 Å². The number of methoxy groups -OCH3 is 1. The molecule has 5 rings (SSSR count). The van der Waals surface area contributed by atoms with E-state index in [0.717, 1.165) is 30.0 Å². The molecular formula is C20H30NO+. The second kappa shape index (κ2) is 5.26. The molecule has 4 fully saturated rings. The SMILES string of the molecule is COc1cc(C)c(C[NH2+]C23CC4CC(CC(C4)C2)C3)cc1C. The van der Waals surface area contributed by atoms with Crippen molar-refractivity contribution < 1.29 is 10.1 Å². The average Bonchev–Trinajstić information content (AvgIpc) is 2.46. The van der Waals surface area contributed by atoms with Gasteiger partial charge in [0.15, 0.2) is 0 Å². The maximum absolute atomic E-state index is 5.45.